The normalized spacial score (nSPS) is 14.2. The maximum atomic E-state index is 10.3. The van der Waals surface area contributed by atoms with Gasteiger partial charge < -0.3 is 20.3 Å². The number of hydrogen-bond acceptors (Lipinski definition) is 5. The van der Waals surface area contributed by atoms with Crippen LogP contribution >= 0.6 is 0 Å². The zero-order chi connectivity index (χ0) is 17.7. The number of fused-ring (bicyclic) bond motifs is 1. The summed E-state index contributed by atoms with van der Waals surface area (Å²) in [5.74, 6) is -1.48. The van der Waals surface area contributed by atoms with Crippen molar-refractivity contribution in [1.82, 2.24) is 0 Å². The lowest BCUT2D eigenvalue weighted by molar-refractivity contribution is -0.206. The molecule has 0 aliphatic carbocycles. The highest BCUT2D eigenvalue weighted by Gasteiger charge is 2.39. The Morgan fingerprint density at radius 1 is 1.08 bits per heavy atom. The molecule has 0 saturated carbocycles. The molecule has 6 heteroatoms. The van der Waals surface area contributed by atoms with Crippen molar-refractivity contribution >= 4 is 11.8 Å². The Kier molecular flexibility index (Phi) is 5.33. The summed E-state index contributed by atoms with van der Waals surface area (Å²) in [5.41, 5.74) is 8.90. The fraction of sp³-hybridized carbons (Fsp3) is 0.222. The molecule has 0 amide bonds. The molecule has 2 aromatic carbocycles. The van der Waals surface area contributed by atoms with E-state index in [-0.39, 0.29) is 0 Å². The third-order valence-corrected chi connectivity index (χ3v) is 3.66. The van der Waals surface area contributed by atoms with E-state index in [1.165, 1.54) is 0 Å². The summed E-state index contributed by atoms with van der Waals surface area (Å²) in [6.45, 7) is 1.92. The summed E-state index contributed by atoms with van der Waals surface area (Å²) in [4.78, 5) is 14.5. The Bertz CT molecular complexity index is 750. The van der Waals surface area contributed by atoms with Crippen molar-refractivity contribution in [1.29, 1.82) is 0 Å². The fourth-order valence-corrected chi connectivity index (χ4v) is 2.35. The van der Waals surface area contributed by atoms with Crippen LogP contribution in [0.2, 0.25) is 0 Å². The number of rotatable bonds is 3. The van der Waals surface area contributed by atoms with Crippen molar-refractivity contribution < 1.29 is 19.4 Å². The summed E-state index contributed by atoms with van der Waals surface area (Å²) in [6.07, 6.45) is 0. The number of benzene rings is 2. The van der Waals surface area contributed by atoms with Gasteiger partial charge in [-0.25, -0.2) is 9.79 Å². The molecule has 0 atom stereocenters. The van der Waals surface area contributed by atoms with Gasteiger partial charge in [-0.15, -0.1) is 0 Å². The summed E-state index contributed by atoms with van der Waals surface area (Å²) in [6, 6.07) is 14.4. The molecule has 1 heterocycles. The molecule has 3 rings (SSSR count). The number of carboxylic acid groups (broad SMARTS) is 1. The quantitative estimate of drug-likeness (QED) is 0.844. The molecule has 126 valence electrons. The number of methoxy groups -OCH3 is 2. The molecule has 2 aromatic rings. The summed E-state index contributed by atoms with van der Waals surface area (Å²) < 4.78 is 10.5. The van der Waals surface area contributed by atoms with Gasteiger partial charge in [0.05, 0.1) is 5.56 Å². The largest absolute Gasteiger partial charge is 0.478 e. The van der Waals surface area contributed by atoms with Crippen LogP contribution in [0.3, 0.4) is 0 Å². The average molecular weight is 328 g/mol. The van der Waals surface area contributed by atoms with Gasteiger partial charge in [0.2, 0.25) is 0 Å². The summed E-state index contributed by atoms with van der Waals surface area (Å²) in [7, 11) is 3.09. The Morgan fingerprint density at radius 3 is 2.21 bits per heavy atom. The lowest BCUT2D eigenvalue weighted by atomic mass is 10.1. The van der Waals surface area contributed by atoms with Gasteiger partial charge >= 0.3 is 5.97 Å². The van der Waals surface area contributed by atoms with Gasteiger partial charge in [-0.05, 0) is 19.1 Å². The van der Waals surface area contributed by atoms with Crippen molar-refractivity contribution in [3.63, 3.8) is 0 Å². The smallest absolute Gasteiger partial charge is 0.335 e. The average Bonchev–Trinajstić information content (AvgIpc) is 2.89. The van der Waals surface area contributed by atoms with E-state index >= 15 is 0 Å². The number of hydrogen-bond donors (Lipinski definition) is 2. The number of nitrogens with zero attached hydrogens (tertiary/aromatic N) is 1. The molecule has 0 saturated heterocycles. The Morgan fingerprint density at radius 2 is 1.67 bits per heavy atom. The summed E-state index contributed by atoms with van der Waals surface area (Å²) in [5, 5.41) is 8.48. The maximum Gasteiger partial charge on any atom is 0.335 e. The molecular weight excluding hydrogens is 308 g/mol. The van der Waals surface area contributed by atoms with Crippen molar-refractivity contribution in [3.05, 3.63) is 70.8 Å². The van der Waals surface area contributed by atoms with E-state index in [1.54, 1.807) is 38.5 Å². The molecular formula is C18H20N2O4. The molecule has 0 spiro atoms. The van der Waals surface area contributed by atoms with Crippen LogP contribution in [-0.2, 0) is 15.4 Å². The van der Waals surface area contributed by atoms with Crippen LogP contribution in [0.1, 0.15) is 27.0 Å². The van der Waals surface area contributed by atoms with Gasteiger partial charge in [0, 0.05) is 25.3 Å². The number of carboxylic acids is 1. The van der Waals surface area contributed by atoms with E-state index in [1.807, 2.05) is 31.2 Å². The first-order chi connectivity index (χ1) is 11.4. The van der Waals surface area contributed by atoms with Crippen LogP contribution in [0.5, 0.6) is 0 Å². The van der Waals surface area contributed by atoms with Crippen LogP contribution in [-0.4, -0.2) is 31.1 Å². The Labute approximate surface area is 140 Å². The van der Waals surface area contributed by atoms with Gasteiger partial charge in [-0.3, -0.25) is 0 Å². The van der Waals surface area contributed by atoms with Gasteiger partial charge in [-0.2, -0.15) is 0 Å². The molecule has 1 aliphatic rings. The van der Waals surface area contributed by atoms with E-state index < -0.39 is 11.9 Å². The lowest BCUT2D eigenvalue weighted by Crippen LogP contribution is -2.26. The topological polar surface area (TPSA) is 94.1 Å². The van der Waals surface area contributed by atoms with Crippen LogP contribution in [0.25, 0.3) is 0 Å². The van der Waals surface area contributed by atoms with E-state index in [0.717, 1.165) is 16.7 Å². The van der Waals surface area contributed by atoms with E-state index in [0.29, 0.717) is 11.4 Å². The zero-order valence-corrected chi connectivity index (χ0v) is 13.8. The predicted octanol–water partition coefficient (Wildman–Crippen LogP) is 2.50. The van der Waals surface area contributed by atoms with Gasteiger partial charge in [0.15, 0.2) is 0 Å². The number of carbonyl (C=O) groups is 1. The van der Waals surface area contributed by atoms with Gasteiger partial charge in [0.1, 0.15) is 5.84 Å². The third kappa shape index (κ3) is 3.45. The highest BCUT2D eigenvalue weighted by Crippen LogP contribution is 2.35. The van der Waals surface area contributed by atoms with Crippen molar-refractivity contribution in [3.8, 4) is 0 Å². The number of ether oxygens (including phenoxy) is 2. The minimum absolute atomic E-state index is 0.339. The molecule has 1 aliphatic heterocycles. The van der Waals surface area contributed by atoms with Crippen molar-refractivity contribution in [2.24, 2.45) is 10.7 Å². The molecule has 0 fully saturated rings. The molecule has 0 unspecified atom stereocenters. The van der Waals surface area contributed by atoms with E-state index in [4.69, 9.17) is 20.3 Å². The highest BCUT2D eigenvalue weighted by molar-refractivity contribution is 6.01. The maximum absolute atomic E-state index is 10.3. The zero-order valence-electron chi connectivity index (χ0n) is 13.8. The minimum atomic E-state index is -1.05. The van der Waals surface area contributed by atoms with Gasteiger partial charge in [0.25, 0.3) is 5.91 Å². The molecule has 3 N–H and O–H groups in total. The SMILES string of the molecule is COC1(OC)N=C(N)c2ccccc21.Cc1ccc(C(=O)O)cc1. The van der Waals surface area contributed by atoms with Crippen LogP contribution < -0.4 is 5.73 Å². The monoisotopic (exact) mass is 328 g/mol. The summed E-state index contributed by atoms with van der Waals surface area (Å²) >= 11 is 0. The van der Waals surface area contributed by atoms with E-state index in [9.17, 15) is 4.79 Å². The predicted molar refractivity (Wildman–Crippen MR) is 91.0 cm³/mol. The molecule has 0 bridgehead atoms. The number of amidine groups is 1. The lowest BCUT2D eigenvalue weighted by Gasteiger charge is -2.23. The van der Waals surface area contributed by atoms with E-state index in [2.05, 4.69) is 4.99 Å². The third-order valence-electron chi connectivity index (χ3n) is 3.66. The fourth-order valence-electron chi connectivity index (χ4n) is 2.35. The number of aryl methyl sites for hydroxylation is 1. The molecule has 0 radical (unpaired) electrons. The first kappa shape index (κ1) is 17.7. The first-order valence-electron chi connectivity index (χ1n) is 7.29. The second-order valence-corrected chi connectivity index (χ2v) is 5.20. The highest BCUT2D eigenvalue weighted by atomic mass is 16.7. The molecule has 6 nitrogen and oxygen atoms in total. The van der Waals surface area contributed by atoms with Crippen LogP contribution in [0.15, 0.2) is 53.5 Å². The standard InChI is InChI=1S/C10H12N2O2.C8H8O2/c1-13-10(14-2)8-6-4-3-5-7(8)9(11)12-10;1-6-2-4-7(5-3-6)8(9)10/h3-6H,1-2H3,(H2,11,12);2-5H,1H3,(H,9,10). The molecule has 24 heavy (non-hydrogen) atoms. The number of aliphatic imine (C=N–C) groups is 1. The molecule has 0 aromatic heterocycles. The second-order valence-electron chi connectivity index (χ2n) is 5.20. The van der Waals surface area contributed by atoms with Crippen LogP contribution in [0, 0.1) is 6.92 Å². The minimum Gasteiger partial charge on any atom is -0.478 e. The first-order valence-corrected chi connectivity index (χ1v) is 7.29. The Balaban J connectivity index is 0.000000185. The van der Waals surface area contributed by atoms with Crippen LogP contribution in [0.4, 0.5) is 0 Å². The number of aromatic carboxylic acids is 1. The van der Waals surface area contributed by atoms with Crippen molar-refractivity contribution in [2.75, 3.05) is 14.2 Å². The van der Waals surface area contributed by atoms with Gasteiger partial charge in [-0.1, -0.05) is 42.0 Å². The Hall–Kier alpha value is -2.70. The number of nitrogens with two attached hydrogens (primary N) is 1. The second kappa shape index (κ2) is 7.25. The van der Waals surface area contributed by atoms with Crippen molar-refractivity contribution in [2.45, 2.75) is 12.8 Å².